The lowest BCUT2D eigenvalue weighted by molar-refractivity contribution is 0.444. The highest BCUT2D eigenvalue weighted by Crippen LogP contribution is 2.28. The molecule has 3 heteroatoms. The first kappa shape index (κ1) is 13.9. The van der Waals surface area contributed by atoms with Gasteiger partial charge in [-0.1, -0.05) is 26.2 Å². The van der Waals surface area contributed by atoms with E-state index in [1.165, 1.54) is 37.8 Å². The monoisotopic (exact) mass is 260 g/mol. The number of halogens is 1. The summed E-state index contributed by atoms with van der Waals surface area (Å²) in [5.74, 6) is 0.490. The van der Waals surface area contributed by atoms with Gasteiger partial charge in [-0.15, -0.1) is 0 Å². The smallest absolute Gasteiger partial charge is 0.124 e. The van der Waals surface area contributed by atoms with Crippen LogP contribution in [0.5, 0.6) is 0 Å². The van der Waals surface area contributed by atoms with Crippen LogP contribution in [0.15, 0.2) is 18.2 Å². The molecule has 0 amide bonds. The molecule has 0 heterocycles. The summed E-state index contributed by atoms with van der Waals surface area (Å²) in [7, 11) is 0. The van der Waals surface area contributed by atoms with Crippen LogP contribution in [0.1, 0.15) is 51.0 Å². The molecule has 2 nitrogen and oxygen atoms in total. The number of benzene rings is 1. The third-order valence-corrected chi connectivity index (χ3v) is 4.13. The standard InChI is InChI=1S/C16H21FN2/c1-2-12-4-3-5-15(8-6-12)19-16-9-7-14(17)10-13(16)11-18/h7,9-10,12,15,19H,2-6,8H2,1H3. The van der Waals surface area contributed by atoms with Gasteiger partial charge in [-0.05, 0) is 43.4 Å². The van der Waals surface area contributed by atoms with E-state index in [2.05, 4.69) is 18.3 Å². The molecule has 1 saturated carbocycles. The minimum absolute atomic E-state index is 0.353. The molecular weight excluding hydrogens is 239 g/mol. The number of nitrogens with one attached hydrogen (secondary N) is 1. The van der Waals surface area contributed by atoms with Crippen LogP contribution in [-0.4, -0.2) is 6.04 Å². The molecule has 1 aliphatic rings. The summed E-state index contributed by atoms with van der Waals surface area (Å²) in [6.07, 6.45) is 7.33. The van der Waals surface area contributed by atoms with Gasteiger partial charge in [-0.25, -0.2) is 4.39 Å². The summed E-state index contributed by atoms with van der Waals surface area (Å²) in [6, 6.07) is 6.86. The van der Waals surface area contributed by atoms with Crippen molar-refractivity contribution in [2.24, 2.45) is 5.92 Å². The second kappa shape index (κ2) is 6.56. The summed E-state index contributed by atoms with van der Waals surface area (Å²) in [4.78, 5) is 0. The van der Waals surface area contributed by atoms with Gasteiger partial charge in [0.1, 0.15) is 11.9 Å². The van der Waals surface area contributed by atoms with E-state index < -0.39 is 0 Å². The zero-order valence-corrected chi connectivity index (χ0v) is 11.5. The molecule has 2 atom stereocenters. The molecule has 1 aliphatic carbocycles. The quantitative estimate of drug-likeness (QED) is 0.814. The van der Waals surface area contributed by atoms with E-state index in [-0.39, 0.29) is 5.82 Å². The SMILES string of the molecule is CCC1CCCC(Nc2ccc(F)cc2C#N)CC1. The Labute approximate surface area is 114 Å². The second-order valence-corrected chi connectivity index (χ2v) is 5.43. The Morgan fingerprint density at radius 3 is 2.89 bits per heavy atom. The van der Waals surface area contributed by atoms with Crippen molar-refractivity contribution in [1.82, 2.24) is 0 Å². The first-order valence-corrected chi connectivity index (χ1v) is 7.19. The molecule has 0 radical (unpaired) electrons. The fourth-order valence-corrected chi connectivity index (χ4v) is 2.89. The summed E-state index contributed by atoms with van der Waals surface area (Å²) in [5, 5.41) is 12.5. The Morgan fingerprint density at radius 2 is 2.16 bits per heavy atom. The molecule has 2 unspecified atom stereocenters. The highest BCUT2D eigenvalue weighted by atomic mass is 19.1. The molecule has 1 fully saturated rings. The van der Waals surface area contributed by atoms with Gasteiger partial charge in [0.05, 0.1) is 11.3 Å². The fourth-order valence-electron chi connectivity index (χ4n) is 2.89. The average Bonchev–Trinajstić information content (AvgIpc) is 2.66. The molecule has 2 rings (SSSR count). The summed E-state index contributed by atoms with van der Waals surface area (Å²) >= 11 is 0. The van der Waals surface area contributed by atoms with Crippen LogP contribution in [-0.2, 0) is 0 Å². The van der Waals surface area contributed by atoms with Crippen molar-refractivity contribution in [2.45, 2.75) is 51.5 Å². The predicted molar refractivity (Wildman–Crippen MR) is 75.4 cm³/mol. The Balaban J connectivity index is 2.03. The Kier molecular flexibility index (Phi) is 4.79. The average molecular weight is 260 g/mol. The first-order valence-electron chi connectivity index (χ1n) is 7.19. The lowest BCUT2D eigenvalue weighted by Crippen LogP contribution is -2.19. The fraction of sp³-hybridized carbons (Fsp3) is 0.562. The lowest BCUT2D eigenvalue weighted by atomic mass is 9.98. The normalized spacial score (nSPS) is 23.4. The molecular formula is C16H21FN2. The van der Waals surface area contributed by atoms with Crippen molar-refractivity contribution in [3.05, 3.63) is 29.6 Å². The van der Waals surface area contributed by atoms with Gasteiger partial charge in [0, 0.05) is 6.04 Å². The minimum atomic E-state index is -0.353. The van der Waals surface area contributed by atoms with E-state index in [9.17, 15) is 4.39 Å². The van der Waals surface area contributed by atoms with Crippen LogP contribution in [0, 0.1) is 23.1 Å². The van der Waals surface area contributed by atoms with Crippen LogP contribution in [0.2, 0.25) is 0 Å². The molecule has 19 heavy (non-hydrogen) atoms. The number of rotatable bonds is 3. The van der Waals surface area contributed by atoms with Crippen molar-refractivity contribution in [2.75, 3.05) is 5.32 Å². The largest absolute Gasteiger partial charge is 0.381 e. The molecule has 0 aromatic heterocycles. The van der Waals surface area contributed by atoms with Gasteiger partial charge in [0.25, 0.3) is 0 Å². The van der Waals surface area contributed by atoms with Gasteiger partial charge < -0.3 is 5.32 Å². The van der Waals surface area contributed by atoms with Gasteiger partial charge >= 0.3 is 0 Å². The van der Waals surface area contributed by atoms with Gasteiger partial charge in [-0.3, -0.25) is 0 Å². The molecule has 0 bridgehead atoms. The number of nitriles is 1. The highest BCUT2D eigenvalue weighted by Gasteiger charge is 2.18. The molecule has 102 valence electrons. The Hall–Kier alpha value is -1.56. The molecule has 0 aliphatic heterocycles. The van der Waals surface area contributed by atoms with Crippen LogP contribution < -0.4 is 5.32 Å². The van der Waals surface area contributed by atoms with E-state index in [1.54, 1.807) is 6.07 Å². The van der Waals surface area contributed by atoms with Crippen LogP contribution in [0.25, 0.3) is 0 Å². The van der Waals surface area contributed by atoms with Crippen molar-refractivity contribution in [1.29, 1.82) is 5.26 Å². The minimum Gasteiger partial charge on any atom is -0.381 e. The van der Waals surface area contributed by atoms with Crippen LogP contribution in [0.4, 0.5) is 10.1 Å². The van der Waals surface area contributed by atoms with Gasteiger partial charge in [0.15, 0.2) is 0 Å². The van der Waals surface area contributed by atoms with E-state index in [0.717, 1.165) is 24.4 Å². The van der Waals surface area contributed by atoms with Gasteiger partial charge in [0.2, 0.25) is 0 Å². The van der Waals surface area contributed by atoms with Gasteiger partial charge in [-0.2, -0.15) is 5.26 Å². The highest BCUT2D eigenvalue weighted by molar-refractivity contribution is 5.57. The summed E-state index contributed by atoms with van der Waals surface area (Å²) in [6.45, 7) is 2.26. The Bertz CT molecular complexity index is 464. The predicted octanol–water partition coefficient (Wildman–Crippen LogP) is 4.47. The number of anilines is 1. The van der Waals surface area contributed by atoms with E-state index in [1.807, 2.05) is 0 Å². The molecule has 1 aromatic rings. The van der Waals surface area contributed by atoms with Crippen LogP contribution >= 0.6 is 0 Å². The van der Waals surface area contributed by atoms with Crippen molar-refractivity contribution < 1.29 is 4.39 Å². The summed E-state index contributed by atoms with van der Waals surface area (Å²) < 4.78 is 13.1. The third kappa shape index (κ3) is 3.70. The Morgan fingerprint density at radius 1 is 1.32 bits per heavy atom. The maximum absolute atomic E-state index is 13.1. The second-order valence-electron chi connectivity index (χ2n) is 5.43. The van der Waals surface area contributed by atoms with E-state index in [4.69, 9.17) is 5.26 Å². The van der Waals surface area contributed by atoms with Crippen molar-refractivity contribution >= 4 is 5.69 Å². The molecule has 1 N–H and O–H groups in total. The van der Waals surface area contributed by atoms with Crippen molar-refractivity contribution in [3.8, 4) is 6.07 Å². The maximum Gasteiger partial charge on any atom is 0.124 e. The van der Waals surface area contributed by atoms with E-state index in [0.29, 0.717) is 11.6 Å². The number of hydrogen-bond acceptors (Lipinski definition) is 2. The molecule has 1 aromatic carbocycles. The zero-order chi connectivity index (χ0) is 13.7. The number of hydrogen-bond donors (Lipinski definition) is 1. The van der Waals surface area contributed by atoms with E-state index >= 15 is 0 Å². The zero-order valence-electron chi connectivity index (χ0n) is 11.5. The van der Waals surface area contributed by atoms with Crippen LogP contribution in [0.3, 0.4) is 0 Å². The molecule has 0 saturated heterocycles. The number of nitrogens with zero attached hydrogens (tertiary/aromatic N) is 1. The third-order valence-electron chi connectivity index (χ3n) is 4.13. The maximum atomic E-state index is 13.1. The van der Waals surface area contributed by atoms with Crippen molar-refractivity contribution in [3.63, 3.8) is 0 Å². The first-order chi connectivity index (χ1) is 9.22. The summed E-state index contributed by atoms with van der Waals surface area (Å²) in [5.41, 5.74) is 1.17. The topological polar surface area (TPSA) is 35.8 Å². The lowest BCUT2D eigenvalue weighted by Gasteiger charge is -2.18. The molecule has 0 spiro atoms.